The van der Waals surface area contributed by atoms with Crippen molar-refractivity contribution in [2.45, 2.75) is 6.42 Å². The van der Waals surface area contributed by atoms with Gasteiger partial charge in [0, 0.05) is 23.6 Å². The highest BCUT2D eigenvalue weighted by Crippen LogP contribution is 2.19. The predicted molar refractivity (Wildman–Crippen MR) is 104 cm³/mol. The van der Waals surface area contributed by atoms with Gasteiger partial charge in [0.15, 0.2) is 6.61 Å². The van der Waals surface area contributed by atoms with Crippen molar-refractivity contribution in [1.29, 1.82) is 0 Å². The minimum Gasteiger partial charge on any atom is -0.465 e. The van der Waals surface area contributed by atoms with Crippen LogP contribution in [0.25, 0.3) is 0 Å². The Hall–Kier alpha value is -3.80. The number of nitro groups is 1. The molecule has 0 atom stereocenters. The molecule has 1 aromatic carbocycles. The van der Waals surface area contributed by atoms with Crippen molar-refractivity contribution in [2.75, 3.05) is 20.3 Å². The Morgan fingerprint density at radius 2 is 1.83 bits per heavy atom. The number of urea groups is 1. The molecule has 0 unspecified atom stereocenters. The van der Waals surface area contributed by atoms with Gasteiger partial charge in [0.25, 0.3) is 11.6 Å². The number of esters is 2. The van der Waals surface area contributed by atoms with Crippen LogP contribution in [0.4, 0.5) is 10.5 Å². The fraction of sp³-hybridized carbons (Fsp3) is 0.222. The van der Waals surface area contributed by atoms with Gasteiger partial charge >= 0.3 is 18.0 Å². The molecule has 30 heavy (non-hydrogen) atoms. The van der Waals surface area contributed by atoms with E-state index in [9.17, 15) is 29.3 Å². The maximum absolute atomic E-state index is 12.1. The number of thiophene rings is 1. The van der Waals surface area contributed by atoms with Crippen LogP contribution >= 0.6 is 11.3 Å². The summed E-state index contributed by atoms with van der Waals surface area (Å²) in [6.07, 6.45) is 0.601. The van der Waals surface area contributed by atoms with Gasteiger partial charge in [-0.15, -0.1) is 11.3 Å². The molecule has 2 aromatic rings. The molecule has 2 rings (SSSR count). The molecule has 1 heterocycles. The van der Waals surface area contributed by atoms with Gasteiger partial charge in [-0.2, -0.15) is 0 Å². The lowest BCUT2D eigenvalue weighted by molar-refractivity contribution is -0.384. The van der Waals surface area contributed by atoms with Gasteiger partial charge in [-0.3, -0.25) is 20.2 Å². The van der Waals surface area contributed by atoms with Crippen LogP contribution in [-0.4, -0.2) is 49.1 Å². The van der Waals surface area contributed by atoms with E-state index < -0.39 is 41.1 Å². The normalized spacial score (nSPS) is 10.0. The summed E-state index contributed by atoms with van der Waals surface area (Å²) in [4.78, 5) is 58.4. The summed E-state index contributed by atoms with van der Waals surface area (Å²) in [5.41, 5.74) is -1.08. The quantitative estimate of drug-likeness (QED) is 0.360. The molecule has 0 aliphatic carbocycles. The Bertz CT molecular complexity index is 958. The molecule has 0 fully saturated rings. The first kappa shape index (κ1) is 22.5. The smallest absolute Gasteiger partial charge is 0.338 e. The van der Waals surface area contributed by atoms with E-state index in [1.807, 2.05) is 22.8 Å². The van der Waals surface area contributed by atoms with E-state index in [4.69, 9.17) is 4.74 Å². The number of carbonyl (C=O) groups is 4. The first-order valence-electron chi connectivity index (χ1n) is 8.45. The number of imide groups is 1. The zero-order chi connectivity index (χ0) is 22.1. The second kappa shape index (κ2) is 10.7. The third kappa shape index (κ3) is 6.67. The second-order valence-electron chi connectivity index (χ2n) is 5.73. The lowest BCUT2D eigenvalue weighted by Gasteiger charge is -2.08. The molecular formula is C18H17N3O8S. The topological polar surface area (TPSA) is 154 Å². The van der Waals surface area contributed by atoms with Gasteiger partial charge < -0.3 is 14.8 Å². The zero-order valence-electron chi connectivity index (χ0n) is 15.7. The average Bonchev–Trinajstić information content (AvgIpc) is 3.24. The molecule has 11 nitrogen and oxygen atoms in total. The van der Waals surface area contributed by atoms with E-state index in [1.165, 1.54) is 11.3 Å². The largest absolute Gasteiger partial charge is 0.465 e. The number of rotatable bonds is 8. The van der Waals surface area contributed by atoms with Crippen molar-refractivity contribution >= 4 is 40.9 Å². The number of methoxy groups -OCH3 is 1. The molecule has 0 saturated heterocycles. The molecule has 1 aromatic heterocycles. The Labute approximate surface area is 174 Å². The fourth-order valence-corrected chi connectivity index (χ4v) is 2.95. The van der Waals surface area contributed by atoms with Gasteiger partial charge in [-0.05, 0) is 23.9 Å². The van der Waals surface area contributed by atoms with E-state index in [2.05, 4.69) is 10.1 Å². The molecule has 3 amide bonds. The number of hydrogen-bond donors (Lipinski definition) is 2. The molecule has 0 aliphatic rings. The predicted octanol–water partition coefficient (Wildman–Crippen LogP) is 1.67. The number of nitro benzene ring substituents is 1. The first-order valence-corrected chi connectivity index (χ1v) is 9.33. The Kier molecular flexibility index (Phi) is 7.99. The number of amides is 3. The van der Waals surface area contributed by atoms with Crippen LogP contribution in [0.1, 0.15) is 25.6 Å². The zero-order valence-corrected chi connectivity index (χ0v) is 16.5. The van der Waals surface area contributed by atoms with Crippen LogP contribution in [0.3, 0.4) is 0 Å². The number of nitrogens with zero attached hydrogens (tertiary/aromatic N) is 1. The Morgan fingerprint density at radius 1 is 1.13 bits per heavy atom. The highest BCUT2D eigenvalue weighted by Gasteiger charge is 2.20. The van der Waals surface area contributed by atoms with Crippen molar-refractivity contribution in [2.24, 2.45) is 0 Å². The minimum absolute atomic E-state index is 0.228. The number of carbonyl (C=O) groups excluding carboxylic acids is 4. The van der Waals surface area contributed by atoms with Gasteiger partial charge in [-0.25, -0.2) is 14.4 Å². The summed E-state index contributed by atoms with van der Waals surface area (Å²) in [5.74, 6) is -2.86. The highest BCUT2D eigenvalue weighted by atomic mass is 32.1. The Balaban J connectivity index is 1.87. The number of benzene rings is 1. The lowest BCUT2D eigenvalue weighted by Crippen LogP contribution is -2.42. The SMILES string of the molecule is COC(=O)c1cc(C(=O)OCC(=O)NC(=O)NCCc2cccs2)cc([N+](=O)[O-])c1. The summed E-state index contributed by atoms with van der Waals surface area (Å²) in [6, 6.07) is 5.91. The monoisotopic (exact) mass is 435 g/mol. The molecule has 0 bridgehead atoms. The van der Waals surface area contributed by atoms with Crippen LogP contribution in [0.15, 0.2) is 35.7 Å². The van der Waals surface area contributed by atoms with Gasteiger partial charge in [0.2, 0.25) is 0 Å². The lowest BCUT2D eigenvalue weighted by atomic mass is 10.1. The molecule has 0 aliphatic heterocycles. The number of ether oxygens (including phenoxy) is 2. The molecule has 12 heteroatoms. The standard InChI is InChI=1S/C18H17N3O8S/c1-28-16(23)11-7-12(9-13(8-11)21(26)27)17(24)29-10-15(22)20-18(25)19-5-4-14-3-2-6-30-14/h2-3,6-9H,4-5,10H2,1H3,(H2,19,20,22,25). The molecular weight excluding hydrogens is 418 g/mol. The fourth-order valence-electron chi connectivity index (χ4n) is 2.25. The summed E-state index contributed by atoms with van der Waals surface area (Å²) >= 11 is 1.54. The van der Waals surface area contributed by atoms with E-state index in [1.54, 1.807) is 0 Å². The minimum atomic E-state index is -1.09. The number of hydrogen-bond acceptors (Lipinski definition) is 9. The van der Waals surface area contributed by atoms with Crippen molar-refractivity contribution in [1.82, 2.24) is 10.6 Å². The molecule has 158 valence electrons. The van der Waals surface area contributed by atoms with Crippen LogP contribution in [0.5, 0.6) is 0 Å². The van der Waals surface area contributed by atoms with Gasteiger partial charge in [0.1, 0.15) is 0 Å². The van der Waals surface area contributed by atoms with Crippen molar-refractivity contribution < 1.29 is 33.6 Å². The average molecular weight is 435 g/mol. The second-order valence-corrected chi connectivity index (χ2v) is 6.76. The Morgan fingerprint density at radius 3 is 2.43 bits per heavy atom. The van der Waals surface area contributed by atoms with E-state index in [-0.39, 0.29) is 11.1 Å². The highest BCUT2D eigenvalue weighted by molar-refractivity contribution is 7.09. The van der Waals surface area contributed by atoms with Crippen LogP contribution < -0.4 is 10.6 Å². The maximum atomic E-state index is 12.1. The van der Waals surface area contributed by atoms with E-state index in [0.717, 1.165) is 30.2 Å². The molecule has 0 spiro atoms. The number of nitrogens with one attached hydrogen (secondary N) is 2. The van der Waals surface area contributed by atoms with E-state index >= 15 is 0 Å². The molecule has 2 N–H and O–H groups in total. The first-order chi connectivity index (χ1) is 14.3. The third-order valence-corrected chi connectivity index (χ3v) is 4.55. The molecule has 0 radical (unpaired) electrons. The van der Waals surface area contributed by atoms with Crippen LogP contribution in [0, 0.1) is 10.1 Å². The van der Waals surface area contributed by atoms with Gasteiger partial charge in [0.05, 0.1) is 23.2 Å². The summed E-state index contributed by atoms with van der Waals surface area (Å²) in [7, 11) is 1.08. The van der Waals surface area contributed by atoms with E-state index in [0.29, 0.717) is 13.0 Å². The summed E-state index contributed by atoms with van der Waals surface area (Å²) < 4.78 is 9.24. The summed E-state index contributed by atoms with van der Waals surface area (Å²) in [6.45, 7) is -0.489. The van der Waals surface area contributed by atoms with Crippen LogP contribution in [0.2, 0.25) is 0 Å². The third-order valence-electron chi connectivity index (χ3n) is 3.61. The van der Waals surface area contributed by atoms with Crippen molar-refractivity contribution in [3.05, 3.63) is 61.8 Å². The van der Waals surface area contributed by atoms with Crippen LogP contribution in [-0.2, 0) is 20.7 Å². The maximum Gasteiger partial charge on any atom is 0.338 e. The van der Waals surface area contributed by atoms with Gasteiger partial charge in [-0.1, -0.05) is 6.07 Å². The number of non-ortho nitro benzene ring substituents is 1. The van der Waals surface area contributed by atoms with Crippen molar-refractivity contribution in [3.63, 3.8) is 0 Å². The van der Waals surface area contributed by atoms with Crippen molar-refractivity contribution in [3.8, 4) is 0 Å². The molecule has 0 saturated carbocycles. The summed E-state index contributed by atoms with van der Waals surface area (Å²) in [5, 5.41) is 17.4.